The number of hydrogen-bond donors (Lipinski definition) is 1. The fraction of sp³-hybridized carbons (Fsp3) is 0.235. The molecule has 0 aliphatic carbocycles. The number of carbonyl (C=O) groups is 1. The Hall–Kier alpha value is -2.56. The highest BCUT2D eigenvalue weighted by molar-refractivity contribution is 7.99. The molecule has 0 spiro atoms. The lowest BCUT2D eigenvalue weighted by Gasteiger charge is -2.23. The lowest BCUT2D eigenvalue weighted by atomic mass is 10.1. The van der Waals surface area contributed by atoms with Gasteiger partial charge in [-0.15, -0.1) is 23.2 Å². The molecule has 29 heavy (non-hydrogen) atoms. The molecule has 0 unspecified atom stereocenters. The van der Waals surface area contributed by atoms with E-state index in [-0.39, 0.29) is 4.90 Å². The Morgan fingerprint density at radius 2 is 1.55 bits per heavy atom. The number of rotatable bonds is 10. The predicted octanol–water partition coefficient (Wildman–Crippen LogP) is 4.04. The molecule has 2 N–H and O–H groups in total. The minimum atomic E-state index is -1.04. The zero-order valence-corrected chi connectivity index (χ0v) is 17.2. The fourth-order valence-corrected chi connectivity index (χ4v) is 3.91. The van der Waals surface area contributed by atoms with E-state index in [1.165, 1.54) is 0 Å². The van der Waals surface area contributed by atoms with Crippen LogP contribution in [-0.4, -0.2) is 40.6 Å². The molecule has 154 valence electrons. The average Bonchev–Trinajstić information content (AvgIpc) is 2.67. The van der Waals surface area contributed by atoms with Crippen molar-refractivity contribution in [3.8, 4) is 0 Å². The summed E-state index contributed by atoms with van der Waals surface area (Å²) in [5.41, 5.74) is 4.50. The molecule has 1 amide bonds. The Morgan fingerprint density at radius 1 is 1.00 bits per heavy atom. The van der Waals surface area contributed by atoms with Crippen LogP contribution in [0.2, 0.25) is 0 Å². The Morgan fingerprint density at radius 3 is 2.00 bits per heavy atom. The lowest BCUT2D eigenvalue weighted by molar-refractivity contribution is -0.396. The van der Waals surface area contributed by atoms with Crippen LogP contribution >= 0.6 is 35.0 Å². The van der Waals surface area contributed by atoms with Crippen LogP contribution in [0.1, 0.15) is 10.4 Å². The molecule has 12 heteroatoms. The Labute approximate surface area is 180 Å². The summed E-state index contributed by atoms with van der Waals surface area (Å²) in [5.74, 6) is -0.183. The maximum Gasteiger partial charge on any atom is 0.290 e. The SMILES string of the molecule is NC(=O)c1cc(Sc2ccc(N(CCCl)CCCl)cc2)c([N+](=O)[O-])cc1[N+](=O)[O-]. The van der Waals surface area contributed by atoms with Gasteiger partial charge in [-0.1, -0.05) is 11.8 Å². The number of amides is 1. The molecule has 0 aliphatic rings. The number of halogens is 2. The van der Waals surface area contributed by atoms with Gasteiger partial charge in [0.05, 0.1) is 20.8 Å². The van der Waals surface area contributed by atoms with Crippen molar-refractivity contribution in [1.29, 1.82) is 0 Å². The van der Waals surface area contributed by atoms with Gasteiger partial charge in [-0.25, -0.2) is 0 Å². The van der Waals surface area contributed by atoms with E-state index in [9.17, 15) is 25.0 Å². The zero-order valence-electron chi connectivity index (χ0n) is 14.9. The molecule has 0 aliphatic heterocycles. The monoisotopic (exact) mass is 458 g/mol. The van der Waals surface area contributed by atoms with Gasteiger partial charge in [0.25, 0.3) is 17.3 Å². The molecule has 0 aromatic heterocycles. The van der Waals surface area contributed by atoms with Crippen LogP contribution in [0.25, 0.3) is 0 Å². The first-order valence-electron chi connectivity index (χ1n) is 8.20. The van der Waals surface area contributed by atoms with Crippen molar-refractivity contribution in [3.05, 3.63) is 62.2 Å². The van der Waals surface area contributed by atoms with Crippen LogP contribution in [0, 0.1) is 20.2 Å². The molecule has 2 aromatic carbocycles. The van der Waals surface area contributed by atoms with Gasteiger partial charge in [-0.2, -0.15) is 0 Å². The quantitative estimate of drug-likeness (QED) is 0.322. The van der Waals surface area contributed by atoms with Gasteiger partial charge in [0, 0.05) is 35.4 Å². The third kappa shape index (κ3) is 5.72. The van der Waals surface area contributed by atoms with Crippen molar-refractivity contribution < 1.29 is 14.6 Å². The van der Waals surface area contributed by atoms with Crippen LogP contribution in [-0.2, 0) is 0 Å². The third-order valence-electron chi connectivity index (χ3n) is 3.87. The van der Waals surface area contributed by atoms with E-state index in [0.717, 1.165) is 29.6 Å². The third-order valence-corrected chi connectivity index (χ3v) is 5.27. The number of hydrogen-bond acceptors (Lipinski definition) is 7. The molecule has 0 heterocycles. The van der Waals surface area contributed by atoms with Crippen LogP contribution in [0.3, 0.4) is 0 Å². The molecule has 9 nitrogen and oxygen atoms in total. The molecule has 0 fully saturated rings. The minimum Gasteiger partial charge on any atom is -0.369 e. The summed E-state index contributed by atoms with van der Waals surface area (Å²) < 4.78 is 0. The topological polar surface area (TPSA) is 133 Å². The van der Waals surface area contributed by atoms with Crippen molar-refractivity contribution >= 4 is 57.9 Å². The summed E-state index contributed by atoms with van der Waals surface area (Å²) in [6, 6.07) is 8.93. The van der Waals surface area contributed by atoms with Gasteiger partial charge in [-0.05, 0) is 30.3 Å². The first kappa shape index (κ1) is 22.7. The van der Waals surface area contributed by atoms with Gasteiger partial charge in [-0.3, -0.25) is 25.0 Å². The molecule has 0 saturated heterocycles. The summed E-state index contributed by atoms with van der Waals surface area (Å²) >= 11 is 12.6. The van der Waals surface area contributed by atoms with Gasteiger partial charge >= 0.3 is 0 Å². The normalized spacial score (nSPS) is 10.6. The highest BCUT2D eigenvalue weighted by Gasteiger charge is 2.27. The van der Waals surface area contributed by atoms with Crippen molar-refractivity contribution in [2.45, 2.75) is 9.79 Å². The zero-order chi connectivity index (χ0) is 21.6. The summed E-state index contributed by atoms with van der Waals surface area (Å²) in [5, 5.41) is 22.5. The summed E-state index contributed by atoms with van der Waals surface area (Å²) in [4.78, 5) is 35.2. The van der Waals surface area contributed by atoms with Gasteiger partial charge < -0.3 is 10.6 Å². The Kier molecular flexibility index (Phi) is 8.06. The number of nitro groups is 2. The Balaban J connectivity index is 2.40. The van der Waals surface area contributed by atoms with Crippen molar-refractivity contribution in [2.24, 2.45) is 5.73 Å². The number of benzene rings is 2. The van der Waals surface area contributed by atoms with E-state index in [1.54, 1.807) is 12.1 Å². The van der Waals surface area contributed by atoms with Crippen LogP contribution in [0.15, 0.2) is 46.2 Å². The van der Waals surface area contributed by atoms with E-state index in [0.29, 0.717) is 29.7 Å². The van der Waals surface area contributed by atoms with Gasteiger partial charge in [0.1, 0.15) is 5.56 Å². The van der Waals surface area contributed by atoms with E-state index in [1.807, 2.05) is 17.0 Å². The maximum atomic E-state index is 11.6. The van der Waals surface area contributed by atoms with Gasteiger partial charge in [0.2, 0.25) is 0 Å². The van der Waals surface area contributed by atoms with E-state index < -0.39 is 32.7 Å². The maximum absolute atomic E-state index is 11.6. The molecular formula is C17H16Cl2N4O5S. The first-order chi connectivity index (χ1) is 13.8. The second kappa shape index (κ2) is 10.3. The lowest BCUT2D eigenvalue weighted by Crippen LogP contribution is -2.27. The largest absolute Gasteiger partial charge is 0.369 e. The molecule has 2 aromatic rings. The average molecular weight is 459 g/mol. The standard InChI is InChI=1S/C17H16Cl2N4O5S/c18-5-7-21(8-6-19)11-1-3-12(4-2-11)29-16-9-13(17(20)24)14(22(25)26)10-15(16)23(27)28/h1-4,9-10H,5-8H2,(H2,20,24). The number of nitro benzene ring substituents is 2. The minimum absolute atomic E-state index is 0.0699. The number of carbonyl (C=O) groups excluding carboxylic acids is 1. The van der Waals surface area contributed by atoms with Crippen LogP contribution < -0.4 is 10.6 Å². The second-order valence-electron chi connectivity index (χ2n) is 5.68. The molecular weight excluding hydrogens is 443 g/mol. The highest BCUT2D eigenvalue weighted by atomic mass is 35.5. The molecule has 0 saturated carbocycles. The molecule has 0 atom stereocenters. The predicted molar refractivity (Wildman–Crippen MR) is 112 cm³/mol. The van der Waals surface area contributed by atoms with Crippen molar-refractivity contribution in [1.82, 2.24) is 0 Å². The second-order valence-corrected chi connectivity index (χ2v) is 7.55. The fourth-order valence-electron chi connectivity index (χ4n) is 2.56. The first-order valence-corrected chi connectivity index (χ1v) is 10.1. The molecule has 0 bridgehead atoms. The van der Waals surface area contributed by atoms with E-state index in [2.05, 4.69) is 0 Å². The summed E-state index contributed by atoms with van der Waals surface area (Å²) in [6.07, 6.45) is 0. The number of primary amides is 1. The van der Waals surface area contributed by atoms with Gasteiger partial charge in [0.15, 0.2) is 0 Å². The molecule has 0 radical (unpaired) electrons. The van der Waals surface area contributed by atoms with Crippen LogP contribution in [0.4, 0.5) is 17.1 Å². The number of alkyl halides is 2. The smallest absolute Gasteiger partial charge is 0.290 e. The highest BCUT2D eigenvalue weighted by Crippen LogP contribution is 2.39. The summed E-state index contributed by atoms with van der Waals surface area (Å²) in [7, 11) is 0. The van der Waals surface area contributed by atoms with E-state index in [4.69, 9.17) is 28.9 Å². The van der Waals surface area contributed by atoms with Crippen molar-refractivity contribution in [2.75, 3.05) is 29.7 Å². The number of nitrogens with zero attached hydrogens (tertiary/aromatic N) is 3. The van der Waals surface area contributed by atoms with Crippen molar-refractivity contribution in [3.63, 3.8) is 0 Å². The van der Waals surface area contributed by atoms with E-state index >= 15 is 0 Å². The Bertz CT molecular complexity index is 921. The van der Waals surface area contributed by atoms with Crippen LogP contribution in [0.5, 0.6) is 0 Å². The molecule has 2 rings (SSSR count). The summed E-state index contributed by atoms with van der Waals surface area (Å²) in [6.45, 7) is 1.22. The number of anilines is 1. The number of nitrogens with two attached hydrogens (primary N) is 1.